The molecule has 3 rings (SSSR count). The van der Waals surface area contributed by atoms with Crippen LogP contribution in [0, 0.1) is 5.92 Å². The summed E-state index contributed by atoms with van der Waals surface area (Å²) in [4.78, 5) is 13.8. The molecule has 1 amide bonds. The number of fused-ring (bicyclic) bond motifs is 1. The Balaban J connectivity index is 1.61. The van der Waals surface area contributed by atoms with Crippen LogP contribution in [0.3, 0.4) is 0 Å². The lowest BCUT2D eigenvalue weighted by Gasteiger charge is -2.45. The van der Waals surface area contributed by atoms with Crippen LogP contribution in [0.5, 0.6) is 11.5 Å². The molecule has 1 fully saturated rings. The molecule has 1 aromatic rings. The van der Waals surface area contributed by atoms with Gasteiger partial charge in [-0.25, -0.2) is 4.79 Å². The molecule has 1 saturated heterocycles. The van der Waals surface area contributed by atoms with E-state index in [4.69, 9.17) is 19.9 Å². The van der Waals surface area contributed by atoms with Gasteiger partial charge < -0.3 is 24.8 Å². The molecule has 0 bridgehead atoms. The van der Waals surface area contributed by atoms with Crippen molar-refractivity contribution in [1.82, 2.24) is 4.90 Å². The summed E-state index contributed by atoms with van der Waals surface area (Å²) in [5.41, 5.74) is 6.84. The maximum absolute atomic E-state index is 12.0. The van der Waals surface area contributed by atoms with Gasteiger partial charge >= 0.3 is 6.09 Å². The number of benzene rings is 1. The lowest BCUT2D eigenvalue weighted by Crippen LogP contribution is -2.57. The maximum Gasteiger partial charge on any atom is 0.410 e. The molecule has 0 spiro atoms. The summed E-state index contributed by atoms with van der Waals surface area (Å²) in [7, 11) is 1.63. The predicted molar refractivity (Wildman–Crippen MR) is 90.3 cm³/mol. The molecule has 0 saturated carbocycles. The van der Waals surface area contributed by atoms with E-state index in [-0.39, 0.29) is 24.2 Å². The van der Waals surface area contributed by atoms with Crippen molar-refractivity contribution >= 4 is 6.09 Å². The van der Waals surface area contributed by atoms with E-state index in [0.29, 0.717) is 13.1 Å². The molecule has 6 nitrogen and oxygen atoms in total. The zero-order valence-electron chi connectivity index (χ0n) is 14.7. The van der Waals surface area contributed by atoms with Crippen LogP contribution in [-0.2, 0) is 4.74 Å². The first-order valence-corrected chi connectivity index (χ1v) is 8.35. The molecular weight excluding hydrogens is 308 g/mol. The highest BCUT2D eigenvalue weighted by Crippen LogP contribution is 2.39. The summed E-state index contributed by atoms with van der Waals surface area (Å²) in [5, 5.41) is 0. The SMILES string of the molecule is COc1ccc2c(c1)OC(C1CN(C(=O)OC(C)(C)C)C1)CC2N. The quantitative estimate of drug-likeness (QED) is 0.900. The van der Waals surface area contributed by atoms with E-state index in [2.05, 4.69) is 0 Å². The average Bonchev–Trinajstić information content (AvgIpc) is 2.43. The van der Waals surface area contributed by atoms with E-state index in [1.165, 1.54) is 0 Å². The highest BCUT2D eigenvalue weighted by Gasteiger charge is 2.41. The van der Waals surface area contributed by atoms with Gasteiger partial charge in [-0.2, -0.15) is 0 Å². The lowest BCUT2D eigenvalue weighted by molar-refractivity contribution is -0.0305. The number of ether oxygens (including phenoxy) is 3. The summed E-state index contributed by atoms with van der Waals surface area (Å²) in [5.74, 6) is 1.82. The van der Waals surface area contributed by atoms with Crippen LogP contribution in [0.1, 0.15) is 38.8 Å². The van der Waals surface area contributed by atoms with Crippen molar-refractivity contribution in [3.05, 3.63) is 23.8 Å². The summed E-state index contributed by atoms with van der Waals surface area (Å²) in [6.07, 6.45) is 0.505. The Hall–Kier alpha value is -1.95. The van der Waals surface area contributed by atoms with Gasteiger partial charge in [-0.3, -0.25) is 0 Å². The van der Waals surface area contributed by atoms with Gasteiger partial charge in [0.05, 0.1) is 7.11 Å². The number of hydrogen-bond acceptors (Lipinski definition) is 5. The predicted octanol–water partition coefficient (Wildman–Crippen LogP) is 2.71. The minimum Gasteiger partial charge on any atom is -0.497 e. The molecular formula is C18H26N2O4. The normalized spacial score (nSPS) is 23.8. The minimum atomic E-state index is -0.471. The summed E-state index contributed by atoms with van der Waals surface area (Å²) in [6.45, 7) is 6.90. The van der Waals surface area contributed by atoms with Crippen molar-refractivity contribution in [3.8, 4) is 11.5 Å². The summed E-state index contributed by atoms with van der Waals surface area (Å²) < 4.78 is 16.8. The second-order valence-corrected chi connectivity index (χ2v) is 7.55. The largest absolute Gasteiger partial charge is 0.497 e. The summed E-state index contributed by atoms with van der Waals surface area (Å²) in [6, 6.07) is 5.69. The fourth-order valence-corrected chi connectivity index (χ4v) is 3.15. The highest BCUT2D eigenvalue weighted by atomic mass is 16.6. The van der Waals surface area contributed by atoms with Gasteiger partial charge in [0.25, 0.3) is 0 Å². The van der Waals surface area contributed by atoms with Crippen LogP contribution in [0.2, 0.25) is 0 Å². The highest BCUT2D eigenvalue weighted by molar-refractivity contribution is 5.69. The Morgan fingerprint density at radius 1 is 1.33 bits per heavy atom. The third-order valence-corrected chi connectivity index (χ3v) is 4.47. The van der Waals surface area contributed by atoms with Gasteiger partial charge in [0.1, 0.15) is 23.2 Å². The molecule has 2 atom stereocenters. The molecule has 0 aromatic heterocycles. The molecule has 0 aliphatic carbocycles. The van der Waals surface area contributed by atoms with Crippen LogP contribution in [0.4, 0.5) is 4.79 Å². The van der Waals surface area contributed by atoms with Crippen molar-refractivity contribution in [2.75, 3.05) is 20.2 Å². The van der Waals surface area contributed by atoms with Crippen LogP contribution in [0.15, 0.2) is 18.2 Å². The first-order chi connectivity index (χ1) is 11.3. The van der Waals surface area contributed by atoms with Crippen molar-refractivity contribution in [3.63, 3.8) is 0 Å². The van der Waals surface area contributed by atoms with Crippen molar-refractivity contribution < 1.29 is 19.0 Å². The number of nitrogens with two attached hydrogens (primary N) is 1. The Bertz CT molecular complexity index is 620. The smallest absolute Gasteiger partial charge is 0.410 e. The van der Waals surface area contributed by atoms with Gasteiger partial charge in [-0.05, 0) is 26.8 Å². The van der Waals surface area contributed by atoms with E-state index in [0.717, 1.165) is 23.5 Å². The van der Waals surface area contributed by atoms with Gasteiger partial charge in [0.2, 0.25) is 0 Å². The maximum atomic E-state index is 12.0. The zero-order valence-corrected chi connectivity index (χ0v) is 14.7. The molecule has 2 unspecified atom stereocenters. The van der Waals surface area contributed by atoms with Crippen molar-refractivity contribution in [2.45, 2.75) is 44.9 Å². The molecule has 132 valence electrons. The van der Waals surface area contributed by atoms with E-state index >= 15 is 0 Å². The van der Waals surface area contributed by atoms with Crippen molar-refractivity contribution in [2.24, 2.45) is 11.7 Å². The Labute approximate surface area is 142 Å². The second-order valence-electron chi connectivity index (χ2n) is 7.55. The fraction of sp³-hybridized carbons (Fsp3) is 0.611. The topological polar surface area (TPSA) is 74.0 Å². The number of methoxy groups -OCH3 is 1. The molecule has 2 aliphatic rings. The number of nitrogens with zero attached hydrogens (tertiary/aromatic N) is 1. The standard InChI is InChI=1S/C18H26N2O4/c1-18(2,3)24-17(21)20-9-11(10-20)15-8-14(19)13-6-5-12(22-4)7-16(13)23-15/h5-7,11,14-15H,8-10,19H2,1-4H3. The van der Waals surface area contributed by atoms with Gasteiger partial charge in [0, 0.05) is 43.1 Å². The molecule has 6 heteroatoms. The first-order valence-electron chi connectivity index (χ1n) is 8.35. The Morgan fingerprint density at radius 2 is 2.04 bits per heavy atom. The monoisotopic (exact) mass is 334 g/mol. The van der Waals surface area contributed by atoms with Gasteiger partial charge in [-0.15, -0.1) is 0 Å². The lowest BCUT2D eigenvalue weighted by atomic mass is 9.86. The molecule has 2 heterocycles. The molecule has 1 aromatic carbocycles. The fourth-order valence-electron chi connectivity index (χ4n) is 3.15. The van der Waals surface area contributed by atoms with E-state index in [9.17, 15) is 4.79 Å². The molecule has 24 heavy (non-hydrogen) atoms. The minimum absolute atomic E-state index is 0.0123. The van der Waals surface area contributed by atoms with Gasteiger partial charge in [0.15, 0.2) is 0 Å². The first kappa shape index (κ1) is 16.9. The number of likely N-dealkylation sites (tertiary alicyclic amines) is 1. The third-order valence-electron chi connectivity index (χ3n) is 4.47. The number of hydrogen-bond donors (Lipinski definition) is 1. The molecule has 0 radical (unpaired) electrons. The number of carbonyl (C=O) groups is 1. The number of rotatable bonds is 2. The Kier molecular flexibility index (Phi) is 4.34. The zero-order chi connectivity index (χ0) is 17.5. The van der Waals surface area contributed by atoms with Crippen LogP contribution >= 0.6 is 0 Å². The molecule has 2 aliphatic heterocycles. The summed E-state index contributed by atoms with van der Waals surface area (Å²) >= 11 is 0. The number of amides is 1. The van der Waals surface area contributed by atoms with Crippen molar-refractivity contribution in [1.29, 1.82) is 0 Å². The average molecular weight is 334 g/mol. The van der Waals surface area contributed by atoms with E-state index in [1.54, 1.807) is 12.0 Å². The Morgan fingerprint density at radius 3 is 2.67 bits per heavy atom. The number of carbonyl (C=O) groups excluding carboxylic acids is 1. The second kappa shape index (κ2) is 6.16. The van der Waals surface area contributed by atoms with Gasteiger partial charge in [-0.1, -0.05) is 6.07 Å². The van der Waals surface area contributed by atoms with Crippen LogP contribution < -0.4 is 15.2 Å². The van der Waals surface area contributed by atoms with Crippen LogP contribution in [0.25, 0.3) is 0 Å². The van der Waals surface area contributed by atoms with Crippen LogP contribution in [-0.4, -0.2) is 42.9 Å². The third kappa shape index (κ3) is 3.43. The van der Waals surface area contributed by atoms with E-state index < -0.39 is 5.60 Å². The molecule has 2 N–H and O–H groups in total. The van der Waals surface area contributed by atoms with E-state index in [1.807, 2.05) is 39.0 Å².